The minimum Gasteiger partial charge on any atom is -0.348 e. The highest BCUT2D eigenvalue weighted by Gasteiger charge is 2.13. The summed E-state index contributed by atoms with van der Waals surface area (Å²) >= 11 is 0. The SMILES string of the molecule is Cc1cc(C(=O)NCc2nc(-c3cccn3C)no2)n[nH]1. The number of aryl methyl sites for hydroxylation is 2. The average Bonchev–Trinajstić information content (AvgIpc) is 3.16. The van der Waals surface area contributed by atoms with Crippen LogP contribution in [0.1, 0.15) is 22.1 Å². The molecule has 0 saturated heterocycles. The van der Waals surface area contributed by atoms with Crippen LogP contribution in [0.4, 0.5) is 0 Å². The summed E-state index contributed by atoms with van der Waals surface area (Å²) in [6.07, 6.45) is 1.90. The van der Waals surface area contributed by atoms with Crippen LogP contribution in [-0.2, 0) is 13.6 Å². The van der Waals surface area contributed by atoms with Crippen molar-refractivity contribution in [1.82, 2.24) is 30.2 Å². The van der Waals surface area contributed by atoms with Gasteiger partial charge in [-0.2, -0.15) is 10.1 Å². The number of amides is 1. The fourth-order valence-electron chi connectivity index (χ4n) is 1.90. The zero-order valence-electron chi connectivity index (χ0n) is 11.6. The van der Waals surface area contributed by atoms with Crippen molar-refractivity contribution in [3.8, 4) is 11.5 Å². The fraction of sp³-hybridized carbons (Fsp3) is 0.231. The van der Waals surface area contributed by atoms with Crippen LogP contribution in [0.25, 0.3) is 11.5 Å². The Bertz CT molecular complexity index is 769. The Morgan fingerprint density at radius 3 is 3.05 bits per heavy atom. The molecule has 0 aromatic carbocycles. The maximum absolute atomic E-state index is 11.8. The van der Waals surface area contributed by atoms with Crippen LogP contribution < -0.4 is 5.32 Å². The van der Waals surface area contributed by atoms with Crippen LogP contribution in [0.5, 0.6) is 0 Å². The Hall–Kier alpha value is -2.90. The van der Waals surface area contributed by atoms with Crippen molar-refractivity contribution < 1.29 is 9.32 Å². The van der Waals surface area contributed by atoms with Crippen molar-refractivity contribution >= 4 is 5.91 Å². The first-order valence-corrected chi connectivity index (χ1v) is 6.38. The molecular weight excluding hydrogens is 272 g/mol. The van der Waals surface area contributed by atoms with E-state index in [0.29, 0.717) is 17.4 Å². The highest BCUT2D eigenvalue weighted by atomic mass is 16.5. The minimum absolute atomic E-state index is 0.155. The molecule has 8 heteroatoms. The molecule has 2 N–H and O–H groups in total. The molecule has 8 nitrogen and oxygen atoms in total. The molecule has 0 bridgehead atoms. The van der Waals surface area contributed by atoms with Crippen LogP contribution in [0.15, 0.2) is 28.9 Å². The molecule has 0 fully saturated rings. The molecule has 3 rings (SSSR count). The molecule has 0 spiro atoms. The van der Waals surface area contributed by atoms with Gasteiger partial charge in [-0.05, 0) is 25.1 Å². The van der Waals surface area contributed by atoms with Crippen molar-refractivity contribution in [3.05, 3.63) is 41.7 Å². The van der Waals surface area contributed by atoms with Crippen molar-refractivity contribution in [1.29, 1.82) is 0 Å². The Morgan fingerprint density at radius 2 is 2.38 bits per heavy atom. The first-order chi connectivity index (χ1) is 10.1. The number of hydrogen-bond donors (Lipinski definition) is 2. The van der Waals surface area contributed by atoms with E-state index in [-0.39, 0.29) is 12.5 Å². The summed E-state index contributed by atoms with van der Waals surface area (Å²) in [6.45, 7) is 1.98. The smallest absolute Gasteiger partial charge is 0.272 e. The summed E-state index contributed by atoms with van der Waals surface area (Å²) in [6, 6.07) is 5.45. The first-order valence-electron chi connectivity index (χ1n) is 6.38. The predicted octanol–water partition coefficient (Wildman–Crippen LogP) is 1.04. The molecule has 0 aliphatic carbocycles. The van der Waals surface area contributed by atoms with Gasteiger partial charge >= 0.3 is 0 Å². The van der Waals surface area contributed by atoms with Crippen LogP contribution in [0, 0.1) is 6.92 Å². The Kier molecular flexibility index (Phi) is 3.27. The number of aromatic nitrogens is 5. The van der Waals surface area contributed by atoms with E-state index >= 15 is 0 Å². The van der Waals surface area contributed by atoms with Gasteiger partial charge in [-0.3, -0.25) is 9.89 Å². The van der Waals surface area contributed by atoms with Crippen LogP contribution >= 0.6 is 0 Å². The summed E-state index contributed by atoms with van der Waals surface area (Å²) in [5.74, 6) is 0.534. The molecule has 0 atom stereocenters. The maximum Gasteiger partial charge on any atom is 0.272 e. The molecule has 0 unspecified atom stereocenters. The third-order valence-electron chi connectivity index (χ3n) is 2.98. The van der Waals surface area contributed by atoms with Crippen molar-refractivity contribution in [2.75, 3.05) is 0 Å². The normalized spacial score (nSPS) is 10.8. The van der Waals surface area contributed by atoms with Gasteiger partial charge in [0.25, 0.3) is 5.91 Å². The molecule has 0 aliphatic heterocycles. The van der Waals surface area contributed by atoms with Gasteiger partial charge < -0.3 is 14.4 Å². The molecule has 3 aromatic rings. The van der Waals surface area contributed by atoms with Gasteiger partial charge in [0.15, 0.2) is 0 Å². The van der Waals surface area contributed by atoms with E-state index in [1.807, 2.05) is 36.9 Å². The van der Waals surface area contributed by atoms with Gasteiger partial charge in [-0.1, -0.05) is 5.16 Å². The molecule has 3 aromatic heterocycles. The summed E-state index contributed by atoms with van der Waals surface area (Å²) in [5.41, 5.74) is 2.00. The van der Waals surface area contributed by atoms with E-state index in [9.17, 15) is 4.79 Å². The number of hydrogen-bond acceptors (Lipinski definition) is 5. The standard InChI is InChI=1S/C13H14N6O2/c1-8-6-9(17-16-8)13(20)14-7-11-15-12(18-21-11)10-4-3-5-19(10)2/h3-6H,7H2,1-2H3,(H,14,20)(H,16,17). The van der Waals surface area contributed by atoms with Gasteiger partial charge in [0.1, 0.15) is 5.69 Å². The summed E-state index contributed by atoms with van der Waals surface area (Å²) in [5, 5.41) is 13.2. The molecule has 1 amide bonds. The van der Waals surface area contributed by atoms with Gasteiger partial charge in [0.05, 0.1) is 12.2 Å². The average molecular weight is 286 g/mol. The van der Waals surface area contributed by atoms with Crippen LogP contribution in [0.3, 0.4) is 0 Å². The van der Waals surface area contributed by atoms with Gasteiger partial charge in [0.2, 0.25) is 11.7 Å². The zero-order valence-corrected chi connectivity index (χ0v) is 11.6. The number of carbonyl (C=O) groups is 1. The van der Waals surface area contributed by atoms with E-state index in [1.54, 1.807) is 6.07 Å². The largest absolute Gasteiger partial charge is 0.348 e. The van der Waals surface area contributed by atoms with Gasteiger partial charge in [-0.25, -0.2) is 0 Å². The molecule has 108 valence electrons. The Morgan fingerprint density at radius 1 is 1.52 bits per heavy atom. The number of aromatic amines is 1. The lowest BCUT2D eigenvalue weighted by molar-refractivity contribution is 0.0941. The van der Waals surface area contributed by atoms with Gasteiger partial charge in [0, 0.05) is 18.9 Å². The van der Waals surface area contributed by atoms with Crippen LogP contribution in [-0.4, -0.2) is 30.8 Å². The zero-order chi connectivity index (χ0) is 14.8. The van der Waals surface area contributed by atoms with E-state index in [1.165, 1.54) is 0 Å². The lowest BCUT2D eigenvalue weighted by atomic mass is 10.3. The molecule has 3 heterocycles. The van der Waals surface area contributed by atoms with E-state index in [0.717, 1.165) is 11.4 Å². The number of nitrogens with one attached hydrogen (secondary N) is 2. The number of nitrogens with zero attached hydrogens (tertiary/aromatic N) is 4. The summed E-state index contributed by atoms with van der Waals surface area (Å²) in [7, 11) is 1.90. The highest BCUT2D eigenvalue weighted by molar-refractivity contribution is 5.92. The minimum atomic E-state index is -0.294. The second-order valence-electron chi connectivity index (χ2n) is 4.63. The van der Waals surface area contributed by atoms with Crippen molar-refractivity contribution in [3.63, 3.8) is 0 Å². The number of rotatable bonds is 4. The second-order valence-corrected chi connectivity index (χ2v) is 4.63. The molecular formula is C13H14N6O2. The number of carbonyl (C=O) groups excluding carboxylic acids is 1. The Balaban J connectivity index is 1.65. The van der Waals surface area contributed by atoms with E-state index in [2.05, 4.69) is 25.7 Å². The third kappa shape index (κ3) is 2.69. The highest BCUT2D eigenvalue weighted by Crippen LogP contribution is 2.15. The fourth-order valence-corrected chi connectivity index (χ4v) is 1.90. The maximum atomic E-state index is 11.8. The van der Waals surface area contributed by atoms with Gasteiger partial charge in [-0.15, -0.1) is 0 Å². The molecule has 0 radical (unpaired) electrons. The molecule has 0 aliphatic rings. The molecule has 21 heavy (non-hydrogen) atoms. The first kappa shape index (κ1) is 13.1. The van der Waals surface area contributed by atoms with E-state index < -0.39 is 0 Å². The summed E-state index contributed by atoms with van der Waals surface area (Å²) < 4.78 is 7.01. The monoisotopic (exact) mass is 286 g/mol. The quantitative estimate of drug-likeness (QED) is 0.746. The molecule has 0 saturated carbocycles. The number of H-pyrrole nitrogens is 1. The predicted molar refractivity (Wildman–Crippen MR) is 73.2 cm³/mol. The second kappa shape index (κ2) is 5.23. The van der Waals surface area contributed by atoms with Crippen molar-refractivity contribution in [2.24, 2.45) is 7.05 Å². The lowest BCUT2D eigenvalue weighted by Crippen LogP contribution is -2.23. The lowest BCUT2D eigenvalue weighted by Gasteiger charge is -1.98. The topological polar surface area (TPSA) is 102 Å². The van der Waals surface area contributed by atoms with E-state index in [4.69, 9.17) is 4.52 Å². The third-order valence-corrected chi connectivity index (χ3v) is 2.98. The van der Waals surface area contributed by atoms with Crippen LogP contribution in [0.2, 0.25) is 0 Å². The Labute approximate surface area is 120 Å². The summed E-state index contributed by atoms with van der Waals surface area (Å²) in [4.78, 5) is 16.1. The van der Waals surface area contributed by atoms with Crippen molar-refractivity contribution in [2.45, 2.75) is 13.5 Å².